The van der Waals surface area contributed by atoms with Crippen LogP contribution in [0.2, 0.25) is 5.02 Å². The maximum Gasteiger partial charge on any atom is 0.135 e. The molecule has 5 rings (SSSR count). The molecule has 6 heteroatoms. The summed E-state index contributed by atoms with van der Waals surface area (Å²) >= 11 is 9.58. The van der Waals surface area contributed by atoms with E-state index in [4.69, 9.17) is 11.6 Å². The fourth-order valence-electron chi connectivity index (χ4n) is 4.88. The van der Waals surface area contributed by atoms with Gasteiger partial charge in [-0.1, -0.05) is 49.3 Å². The molecule has 3 aromatic carbocycles. The summed E-state index contributed by atoms with van der Waals surface area (Å²) in [4.78, 5) is 8.00. The van der Waals surface area contributed by atoms with Crippen molar-refractivity contribution in [3.05, 3.63) is 76.8 Å². The molecule has 0 radical (unpaired) electrons. The quantitative estimate of drug-likeness (QED) is 0.296. The van der Waals surface area contributed by atoms with Gasteiger partial charge >= 0.3 is 0 Å². The molecule has 33 heavy (non-hydrogen) atoms. The highest BCUT2D eigenvalue weighted by atomic mass is 35.5. The Morgan fingerprint density at radius 2 is 1.42 bits per heavy atom. The zero-order valence-corrected chi connectivity index (χ0v) is 21.2. The van der Waals surface area contributed by atoms with E-state index in [2.05, 4.69) is 59.5 Å². The number of rotatable bonds is 5. The van der Waals surface area contributed by atoms with E-state index >= 15 is 0 Å². The van der Waals surface area contributed by atoms with Gasteiger partial charge in [0.1, 0.15) is 6.73 Å². The predicted octanol–water partition coefficient (Wildman–Crippen LogP) is 7.24. The van der Waals surface area contributed by atoms with Crippen LogP contribution >= 0.6 is 35.3 Å². The van der Waals surface area contributed by atoms with E-state index in [-0.39, 0.29) is 6.73 Å². The molecule has 2 aliphatic rings. The van der Waals surface area contributed by atoms with Crippen LogP contribution in [0.25, 0.3) is 11.1 Å². The van der Waals surface area contributed by atoms with Crippen LogP contribution in [-0.2, 0) is 0 Å². The topological polar surface area (TPSA) is 35.8 Å². The number of hydrogen-bond donors (Lipinski definition) is 1. The number of aliphatic imine (C=N–C) groups is 1. The Morgan fingerprint density at radius 1 is 0.848 bits per heavy atom. The highest BCUT2D eigenvalue weighted by Crippen LogP contribution is 2.42. The van der Waals surface area contributed by atoms with Gasteiger partial charge in [0.15, 0.2) is 0 Å². The number of fused-ring (bicyclic) bond motifs is 3. The average Bonchev–Trinajstić information content (AvgIpc) is 3.07. The predicted molar refractivity (Wildman–Crippen MR) is 141 cm³/mol. The van der Waals surface area contributed by atoms with Crippen molar-refractivity contribution < 1.29 is 5.11 Å². The maximum atomic E-state index is 9.68. The van der Waals surface area contributed by atoms with Crippen molar-refractivity contribution in [1.29, 1.82) is 0 Å². The monoisotopic (exact) mass is 494 g/mol. The number of benzene rings is 3. The zero-order chi connectivity index (χ0) is 22.9. The molecule has 0 aromatic heterocycles. The minimum Gasteiger partial charge on any atom is -0.375 e. The lowest BCUT2D eigenvalue weighted by Crippen LogP contribution is -2.33. The highest BCUT2D eigenvalue weighted by molar-refractivity contribution is 7.99. The Hall–Kier alpha value is -1.76. The zero-order valence-electron chi connectivity index (χ0n) is 18.8. The van der Waals surface area contributed by atoms with E-state index in [1.54, 1.807) is 11.8 Å². The molecule has 3 aromatic rings. The number of halogens is 1. The van der Waals surface area contributed by atoms with E-state index in [0.29, 0.717) is 0 Å². The molecule has 0 unspecified atom stereocenters. The fraction of sp³-hybridized carbons (Fsp3) is 0.296. The van der Waals surface area contributed by atoms with Gasteiger partial charge in [-0.05, 0) is 89.9 Å². The maximum absolute atomic E-state index is 9.68. The van der Waals surface area contributed by atoms with Gasteiger partial charge < -0.3 is 5.11 Å². The van der Waals surface area contributed by atoms with Crippen LogP contribution in [0.15, 0.2) is 80.3 Å². The van der Waals surface area contributed by atoms with Crippen molar-refractivity contribution >= 4 is 41.0 Å². The molecule has 1 N–H and O–H groups in total. The summed E-state index contributed by atoms with van der Waals surface area (Å²) in [6.07, 6.45) is 1.31. The van der Waals surface area contributed by atoms with Gasteiger partial charge in [-0.3, -0.25) is 4.99 Å². The SMILES string of the molecule is C[C@@H]1C[C@@H](C)CN(Sc2ccc3c(c2)/C(=N\CO)c2cc(Sc4ccc(Cl)cc4)ccc2-3)C1. The fourth-order valence-corrected chi connectivity index (χ4v) is 7.12. The Kier molecular flexibility index (Phi) is 6.86. The Morgan fingerprint density at radius 3 is 2.06 bits per heavy atom. The molecule has 0 spiro atoms. The average molecular weight is 495 g/mol. The number of piperidine rings is 1. The summed E-state index contributed by atoms with van der Waals surface area (Å²) in [7, 11) is 0. The lowest BCUT2D eigenvalue weighted by atomic mass is 9.94. The normalized spacial score (nSPS) is 21.3. The first-order valence-corrected chi connectivity index (χ1v) is 13.3. The molecule has 0 bridgehead atoms. The molecule has 0 saturated carbocycles. The highest BCUT2D eigenvalue weighted by Gasteiger charge is 2.27. The molecule has 2 atom stereocenters. The van der Waals surface area contributed by atoms with Crippen molar-refractivity contribution in [3.63, 3.8) is 0 Å². The molecule has 1 fully saturated rings. The number of aliphatic hydroxyl groups is 1. The molecule has 1 saturated heterocycles. The molecular weight excluding hydrogens is 468 g/mol. The van der Waals surface area contributed by atoms with Gasteiger partial charge in [0, 0.05) is 43.9 Å². The third-order valence-electron chi connectivity index (χ3n) is 6.13. The first kappa shape index (κ1) is 23.0. The molecule has 3 nitrogen and oxygen atoms in total. The van der Waals surface area contributed by atoms with Gasteiger partial charge in [0.25, 0.3) is 0 Å². The van der Waals surface area contributed by atoms with Gasteiger partial charge in [-0.2, -0.15) is 0 Å². The van der Waals surface area contributed by atoms with Crippen molar-refractivity contribution in [3.8, 4) is 11.1 Å². The largest absolute Gasteiger partial charge is 0.375 e. The third kappa shape index (κ3) is 5.03. The Bertz CT molecular complexity index is 1190. The minimum atomic E-state index is -0.221. The van der Waals surface area contributed by atoms with E-state index < -0.39 is 0 Å². The second kappa shape index (κ2) is 9.85. The minimum absolute atomic E-state index is 0.221. The first-order chi connectivity index (χ1) is 16.0. The Labute approximate surface area is 209 Å². The molecule has 1 aliphatic carbocycles. The number of nitrogens with zero attached hydrogens (tertiary/aromatic N) is 2. The lowest BCUT2D eigenvalue weighted by Gasteiger charge is -2.33. The standard InChI is InChI=1S/C27H27ClN2OS2/c1-17-11-18(2)15-30(14-17)33-22-8-10-24-23-9-7-21(32-20-5-3-19(28)4-6-20)12-25(23)27(29-16-31)26(24)13-22/h3-10,12-13,17-18,31H,11,14-16H2,1-2H3/b29-27-/t17-,18-/m1/s1. The van der Waals surface area contributed by atoms with E-state index in [9.17, 15) is 5.11 Å². The third-order valence-corrected chi connectivity index (χ3v) is 8.40. The van der Waals surface area contributed by atoms with Crippen LogP contribution in [0.5, 0.6) is 0 Å². The molecule has 0 amide bonds. The van der Waals surface area contributed by atoms with Gasteiger partial charge in [0.05, 0.1) is 5.71 Å². The van der Waals surface area contributed by atoms with Crippen LogP contribution in [-0.4, -0.2) is 34.9 Å². The van der Waals surface area contributed by atoms with Crippen LogP contribution in [0.3, 0.4) is 0 Å². The molecular formula is C27H27ClN2OS2. The number of hydrogen-bond acceptors (Lipinski definition) is 5. The van der Waals surface area contributed by atoms with Crippen LogP contribution in [0.1, 0.15) is 31.4 Å². The Balaban J connectivity index is 1.43. The molecule has 170 valence electrons. The van der Waals surface area contributed by atoms with Crippen LogP contribution in [0.4, 0.5) is 0 Å². The first-order valence-electron chi connectivity index (χ1n) is 11.3. The van der Waals surface area contributed by atoms with Crippen molar-refractivity contribution in [2.24, 2.45) is 16.8 Å². The summed E-state index contributed by atoms with van der Waals surface area (Å²) in [5, 5.41) is 10.4. The van der Waals surface area contributed by atoms with Gasteiger partial charge in [-0.15, -0.1) is 0 Å². The van der Waals surface area contributed by atoms with Gasteiger partial charge in [-0.25, -0.2) is 4.31 Å². The van der Waals surface area contributed by atoms with Gasteiger partial charge in [0.2, 0.25) is 0 Å². The summed E-state index contributed by atoms with van der Waals surface area (Å²) in [6.45, 7) is 6.70. The van der Waals surface area contributed by atoms with E-state index in [1.807, 2.05) is 36.2 Å². The van der Waals surface area contributed by atoms with Crippen molar-refractivity contribution in [2.75, 3.05) is 19.8 Å². The second-order valence-corrected chi connectivity index (χ2v) is 11.8. The lowest BCUT2D eigenvalue weighted by molar-refractivity contribution is 0.237. The summed E-state index contributed by atoms with van der Waals surface area (Å²) in [5.41, 5.74) is 5.43. The van der Waals surface area contributed by atoms with E-state index in [0.717, 1.165) is 56.6 Å². The van der Waals surface area contributed by atoms with Crippen molar-refractivity contribution in [2.45, 2.75) is 35.0 Å². The summed E-state index contributed by atoms with van der Waals surface area (Å²) in [6, 6.07) is 21.1. The summed E-state index contributed by atoms with van der Waals surface area (Å²) < 4.78 is 2.49. The summed E-state index contributed by atoms with van der Waals surface area (Å²) in [5.74, 6) is 1.45. The van der Waals surface area contributed by atoms with Crippen LogP contribution < -0.4 is 0 Å². The van der Waals surface area contributed by atoms with Crippen LogP contribution in [0, 0.1) is 11.8 Å². The molecule has 1 heterocycles. The number of aliphatic hydroxyl groups excluding tert-OH is 1. The van der Waals surface area contributed by atoms with Crippen molar-refractivity contribution in [1.82, 2.24) is 4.31 Å². The van der Waals surface area contributed by atoms with E-state index in [1.165, 1.54) is 22.4 Å². The molecule has 1 aliphatic heterocycles. The smallest absolute Gasteiger partial charge is 0.135 e. The second-order valence-electron chi connectivity index (χ2n) is 9.00.